The molecule has 0 amide bonds. The molecule has 4 heterocycles. The molecule has 0 aliphatic heterocycles. The zero-order valence-corrected chi connectivity index (χ0v) is 17.4. The monoisotopic (exact) mass is 404 g/mol. The number of nitrogens with zero attached hydrogens (tertiary/aromatic N) is 6. The van der Waals surface area contributed by atoms with E-state index in [0.29, 0.717) is 11.4 Å². The Balaban J connectivity index is 1.74. The molecule has 4 aromatic heterocycles. The van der Waals surface area contributed by atoms with E-state index in [9.17, 15) is 5.26 Å². The summed E-state index contributed by atoms with van der Waals surface area (Å²) in [6.45, 7) is 8.26. The molecule has 4 rings (SSSR count). The van der Waals surface area contributed by atoms with Gasteiger partial charge in [-0.15, -0.1) is 11.3 Å². The van der Waals surface area contributed by atoms with Crippen molar-refractivity contribution in [1.82, 2.24) is 24.5 Å². The predicted molar refractivity (Wildman–Crippen MR) is 113 cm³/mol. The second kappa shape index (κ2) is 7.53. The maximum Gasteiger partial charge on any atom is 0.268 e. The first-order chi connectivity index (χ1) is 14.0. The van der Waals surface area contributed by atoms with E-state index in [-0.39, 0.29) is 11.9 Å². The van der Waals surface area contributed by atoms with E-state index in [1.165, 1.54) is 11.3 Å². The van der Waals surface area contributed by atoms with E-state index >= 15 is 0 Å². The molecule has 0 N–H and O–H groups in total. The first-order valence-electron chi connectivity index (χ1n) is 9.22. The number of aryl methyl sites for hydroxylation is 1. The van der Waals surface area contributed by atoms with Crippen LogP contribution in [-0.4, -0.2) is 24.5 Å². The van der Waals surface area contributed by atoms with Crippen molar-refractivity contribution in [3.8, 4) is 22.6 Å². The second-order valence-corrected chi connectivity index (χ2v) is 7.91. The third-order valence-electron chi connectivity index (χ3n) is 4.66. The number of allylic oxidation sites excluding steroid dienone is 1. The van der Waals surface area contributed by atoms with E-state index < -0.39 is 0 Å². The Morgan fingerprint density at radius 1 is 1.31 bits per heavy atom. The van der Waals surface area contributed by atoms with Crippen LogP contribution in [0, 0.1) is 25.2 Å². The molecule has 8 heteroatoms. The summed E-state index contributed by atoms with van der Waals surface area (Å²) in [5, 5.41) is 20.1. The molecule has 4 aromatic rings. The van der Waals surface area contributed by atoms with Gasteiger partial charge in [-0.25, -0.2) is 4.68 Å². The van der Waals surface area contributed by atoms with Gasteiger partial charge < -0.3 is 9.09 Å². The molecule has 0 radical (unpaired) electrons. The average molecular weight is 404 g/mol. The van der Waals surface area contributed by atoms with Crippen molar-refractivity contribution >= 4 is 23.0 Å². The third-order valence-corrected chi connectivity index (χ3v) is 5.52. The highest BCUT2D eigenvalue weighted by Crippen LogP contribution is 2.27. The molecule has 0 aromatic carbocycles. The molecule has 0 unspecified atom stereocenters. The van der Waals surface area contributed by atoms with Crippen LogP contribution in [0.1, 0.15) is 42.7 Å². The first kappa shape index (κ1) is 18.9. The molecular formula is C21H20N6OS. The minimum absolute atomic E-state index is 0.216. The number of thiophene rings is 1. The van der Waals surface area contributed by atoms with Crippen LogP contribution in [0.5, 0.6) is 0 Å². The summed E-state index contributed by atoms with van der Waals surface area (Å²) < 4.78 is 9.46. The van der Waals surface area contributed by atoms with Crippen LogP contribution in [0.3, 0.4) is 0 Å². The molecule has 29 heavy (non-hydrogen) atoms. The Morgan fingerprint density at radius 2 is 2.14 bits per heavy atom. The fourth-order valence-corrected chi connectivity index (χ4v) is 3.95. The van der Waals surface area contributed by atoms with Crippen molar-refractivity contribution in [3.05, 3.63) is 58.7 Å². The maximum atomic E-state index is 9.68. The SMILES string of the molecule is Cc1cc(/C=C(\C#N)c2nc(-c3cccs3)no2)c(C)n1-c1ccnn1C(C)C. The lowest BCUT2D eigenvalue weighted by molar-refractivity contribution is 0.409. The maximum absolute atomic E-state index is 9.68. The summed E-state index contributed by atoms with van der Waals surface area (Å²) in [6.07, 6.45) is 3.59. The van der Waals surface area contributed by atoms with E-state index in [1.54, 1.807) is 12.3 Å². The zero-order valence-electron chi connectivity index (χ0n) is 16.6. The summed E-state index contributed by atoms with van der Waals surface area (Å²) in [5.41, 5.74) is 3.32. The van der Waals surface area contributed by atoms with Crippen LogP contribution < -0.4 is 0 Å². The highest BCUT2D eigenvalue weighted by molar-refractivity contribution is 7.13. The van der Waals surface area contributed by atoms with Crippen LogP contribution in [0.25, 0.3) is 28.2 Å². The second-order valence-electron chi connectivity index (χ2n) is 6.96. The molecule has 0 bridgehead atoms. The van der Waals surface area contributed by atoms with Crippen LogP contribution in [0.2, 0.25) is 0 Å². The van der Waals surface area contributed by atoms with Crippen molar-refractivity contribution in [2.24, 2.45) is 0 Å². The van der Waals surface area contributed by atoms with E-state index in [0.717, 1.165) is 27.6 Å². The van der Waals surface area contributed by atoms with Crippen molar-refractivity contribution in [3.63, 3.8) is 0 Å². The summed E-state index contributed by atoms with van der Waals surface area (Å²) in [6, 6.07) is 10.3. The van der Waals surface area contributed by atoms with E-state index in [1.807, 2.05) is 48.2 Å². The van der Waals surface area contributed by atoms with Crippen LogP contribution in [0.15, 0.2) is 40.4 Å². The largest absolute Gasteiger partial charge is 0.333 e. The molecule has 0 aliphatic rings. The fraction of sp³-hybridized carbons (Fsp3) is 0.238. The van der Waals surface area contributed by atoms with Crippen molar-refractivity contribution in [2.45, 2.75) is 33.7 Å². The Morgan fingerprint density at radius 3 is 2.83 bits per heavy atom. The van der Waals surface area contributed by atoms with Gasteiger partial charge in [0, 0.05) is 23.5 Å². The standard InChI is InChI=1S/C21H20N6OS/c1-13(2)27-19(7-8-23-27)26-14(3)10-16(15(26)4)11-17(12-22)21-24-20(25-28-21)18-6-5-9-29-18/h5-11,13H,1-4H3/b17-11+. The van der Waals surface area contributed by atoms with Crippen LogP contribution in [0.4, 0.5) is 0 Å². The Bertz CT molecular complexity index is 1220. The highest BCUT2D eigenvalue weighted by Gasteiger charge is 2.17. The lowest BCUT2D eigenvalue weighted by atomic mass is 10.1. The van der Waals surface area contributed by atoms with Gasteiger partial charge in [-0.05, 0) is 56.8 Å². The highest BCUT2D eigenvalue weighted by atomic mass is 32.1. The Kier molecular flexibility index (Phi) is 4.91. The molecule has 0 atom stereocenters. The molecular weight excluding hydrogens is 384 g/mol. The number of hydrogen-bond donors (Lipinski definition) is 0. The molecule has 0 aliphatic carbocycles. The molecule has 146 valence electrons. The van der Waals surface area contributed by atoms with Gasteiger partial charge in [-0.1, -0.05) is 11.2 Å². The van der Waals surface area contributed by atoms with Gasteiger partial charge in [0.15, 0.2) is 0 Å². The minimum Gasteiger partial charge on any atom is -0.333 e. The molecule has 0 saturated heterocycles. The third kappa shape index (κ3) is 3.41. The van der Waals surface area contributed by atoms with Gasteiger partial charge in [-0.3, -0.25) is 0 Å². The molecule has 0 fully saturated rings. The quantitative estimate of drug-likeness (QED) is 0.435. The summed E-state index contributed by atoms with van der Waals surface area (Å²) in [7, 11) is 0. The summed E-state index contributed by atoms with van der Waals surface area (Å²) in [5.74, 6) is 1.70. The molecule has 7 nitrogen and oxygen atoms in total. The van der Waals surface area contributed by atoms with Gasteiger partial charge in [0.1, 0.15) is 17.5 Å². The van der Waals surface area contributed by atoms with Crippen molar-refractivity contribution in [2.75, 3.05) is 0 Å². The lowest BCUT2D eigenvalue weighted by Crippen LogP contribution is -2.11. The van der Waals surface area contributed by atoms with E-state index in [2.05, 4.69) is 39.7 Å². The first-order valence-corrected chi connectivity index (χ1v) is 10.1. The Hall–Kier alpha value is -3.44. The van der Waals surface area contributed by atoms with Crippen LogP contribution >= 0.6 is 11.3 Å². The van der Waals surface area contributed by atoms with Crippen LogP contribution in [-0.2, 0) is 0 Å². The van der Waals surface area contributed by atoms with Gasteiger partial charge in [0.2, 0.25) is 5.82 Å². The summed E-state index contributed by atoms with van der Waals surface area (Å²) >= 11 is 1.52. The van der Waals surface area contributed by atoms with Crippen molar-refractivity contribution in [1.29, 1.82) is 5.26 Å². The molecule has 0 saturated carbocycles. The molecule has 0 spiro atoms. The summed E-state index contributed by atoms with van der Waals surface area (Å²) in [4.78, 5) is 5.29. The van der Waals surface area contributed by atoms with Crippen molar-refractivity contribution < 1.29 is 4.52 Å². The Labute approximate surface area is 172 Å². The fourth-order valence-electron chi connectivity index (χ4n) is 3.30. The number of hydrogen-bond acceptors (Lipinski definition) is 6. The predicted octanol–water partition coefficient (Wildman–Crippen LogP) is 5.05. The number of aromatic nitrogens is 5. The smallest absolute Gasteiger partial charge is 0.268 e. The number of nitriles is 1. The minimum atomic E-state index is 0.216. The van der Waals surface area contributed by atoms with Gasteiger partial charge in [0.25, 0.3) is 5.89 Å². The lowest BCUT2D eigenvalue weighted by Gasteiger charge is -2.15. The van der Waals surface area contributed by atoms with E-state index in [4.69, 9.17) is 4.52 Å². The van der Waals surface area contributed by atoms with Gasteiger partial charge in [0.05, 0.1) is 11.1 Å². The topological polar surface area (TPSA) is 85.5 Å². The zero-order chi connectivity index (χ0) is 20.5. The van der Waals surface area contributed by atoms with Gasteiger partial charge in [-0.2, -0.15) is 15.3 Å². The van der Waals surface area contributed by atoms with Gasteiger partial charge >= 0.3 is 0 Å². The number of rotatable bonds is 5. The normalized spacial score (nSPS) is 11.9. The average Bonchev–Trinajstić information content (AvgIpc) is 3.47.